The zero-order chi connectivity index (χ0) is 15.8. The van der Waals surface area contributed by atoms with Crippen LogP contribution in [0, 0.1) is 5.82 Å². The molecule has 120 valence electrons. The molecule has 4 nitrogen and oxygen atoms in total. The molecule has 0 aromatic heterocycles. The number of halogens is 2. The second kappa shape index (κ2) is 5.70. The van der Waals surface area contributed by atoms with E-state index in [1.54, 1.807) is 6.07 Å². The molecule has 6 heteroatoms. The molecule has 0 spiro atoms. The Labute approximate surface area is 134 Å². The molecule has 0 bridgehead atoms. The summed E-state index contributed by atoms with van der Waals surface area (Å²) < 4.78 is 13.1. The smallest absolute Gasteiger partial charge is 0.314 e. The molecule has 0 saturated heterocycles. The van der Waals surface area contributed by atoms with Gasteiger partial charge in [-0.3, -0.25) is 0 Å². The van der Waals surface area contributed by atoms with E-state index in [0.29, 0.717) is 11.6 Å². The maximum atomic E-state index is 13.1. The first kappa shape index (κ1) is 15.6. The highest BCUT2D eigenvalue weighted by Gasteiger charge is 2.45. The van der Waals surface area contributed by atoms with Gasteiger partial charge in [-0.05, 0) is 49.8 Å². The quantitative estimate of drug-likeness (QED) is 0.779. The molecule has 0 heterocycles. The van der Waals surface area contributed by atoms with Crippen molar-refractivity contribution in [1.82, 2.24) is 10.6 Å². The molecule has 2 aliphatic rings. The van der Waals surface area contributed by atoms with Crippen LogP contribution in [0.5, 0.6) is 0 Å². The Morgan fingerprint density at radius 3 is 2.45 bits per heavy atom. The third-order valence-corrected chi connectivity index (χ3v) is 5.12. The van der Waals surface area contributed by atoms with Gasteiger partial charge < -0.3 is 15.7 Å². The van der Waals surface area contributed by atoms with Crippen molar-refractivity contribution in [2.24, 2.45) is 0 Å². The van der Waals surface area contributed by atoms with Crippen molar-refractivity contribution in [2.45, 2.75) is 43.1 Å². The minimum Gasteiger partial charge on any atom is -0.388 e. The highest BCUT2D eigenvalue weighted by Crippen LogP contribution is 2.50. The Balaban J connectivity index is 1.53. The van der Waals surface area contributed by atoms with Crippen LogP contribution in [0.3, 0.4) is 0 Å². The molecule has 2 amide bonds. The van der Waals surface area contributed by atoms with Crippen LogP contribution < -0.4 is 10.6 Å². The van der Waals surface area contributed by atoms with Gasteiger partial charge in [-0.2, -0.15) is 0 Å². The SMILES string of the molecule is O=C(NCC1(O)CCC1)NCC1(c2ccc(F)cc2Cl)CC1. The Bertz CT molecular complexity index is 586. The standard InChI is InChI=1S/C16H20ClFN2O2/c17-13-8-11(18)2-3-12(13)15(6-7-15)9-19-14(21)20-10-16(22)4-1-5-16/h2-3,8,22H,1,4-7,9-10H2,(H2,19,20,21). The van der Waals surface area contributed by atoms with Gasteiger partial charge in [0.05, 0.1) is 5.60 Å². The summed E-state index contributed by atoms with van der Waals surface area (Å²) in [5.41, 5.74) is -0.0295. The number of carbonyl (C=O) groups is 1. The minimum absolute atomic E-state index is 0.185. The fourth-order valence-electron chi connectivity index (χ4n) is 2.93. The van der Waals surface area contributed by atoms with Gasteiger partial charge in [0.15, 0.2) is 0 Å². The Kier molecular flexibility index (Phi) is 4.03. The van der Waals surface area contributed by atoms with E-state index in [9.17, 15) is 14.3 Å². The number of nitrogens with one attached hydrogen (secondary N) is 2. The molecule has 0 atom stereocenters. The summed E-state index contributed by atoms with van der Waals surface area (Å²) in [5, 5.41) is 15.9. The van der Waals surface area contributed by atoms with Gasteiger partial charge in [0.1, 0.15) is 5.82 Å². The van der Waals surface area contributed by atoms with Gasteiger partial charge in [0.2, 0.25) is 0 Å². The molecule has 0 unspecified atom stereocenters. The second-order valence-corrected chi connectivity index (χ2v) is 6.93. The molecule has 2 saturated carbocycles. The fraction of sp³-hybridized carbons (Fsp3) is 0.562. The fourth-order valence-corrected chi connectivity index (χ4v) is 3.30. The van der Waals surface area contributed by atoms with E-state index in [4.69, 9.17) is 11.6 Å². The van der Waals surface area contributed by atoms with Gasteiger partial charge in [-0.25, -0.2) is 9.18 Å². The normalized spacial score (nSPS) is 20.9. The number of urea groups is 1. The van der Waals surface area contributed by atoms with Crippen molar-refractivity contribution >= 4 is 17.6 Å². The van der Waals surface area contributed by atoms with E-state index in [2.05, 4.69) is 10.6 Å². The summed E-state index contributed by atoms with van der Waals surface area (Å²) in [6.45, 7) is 0.742. The molecule has 0 aliphatic heterocycles. The van der Waals surface area contributed by atoms with Gasteiger partial charge in [-0.1, -0.05) is 17.7 Å². The summed E-state index contributed by atoms with van der Waals surface area (Å²) in [7, 11) is 0. The monoisotopic (exact) mass is 326 g/mol. The number of amides is 2. The van der Waals surface area contributed by atoms with E-state index < -0.39 is 5.60 Å². The molecule has 2 fully saturated rings. The van der Waals surface area contributed by atoms with Crippen LogP contribution in [0.1, 0.15) is 37.7 Å². The van der Waals surface area contributed by atoms with Crippen LogP contribution in [-0.4, -0.2) is 29.8 Å². The zero-order valence-corrected chi connectivity index (χ0v) is 13.0. The predicted molar refractivity (Wildman–Crippen MR) is 82.5 cm³/mol. The Hall–Kier alpha value is -1.33. The number of benzene rings is 1. The molecule has 3 N–H and O–H groups in total. The van der Waals surface area contributed by atoms with Gasteiger partial charge in [0, 0.05) is 23.5 Å². The zero-order valence-electron chi connectivity index (χ0n) is 12.3. The van der Waals surface area contributed by atoms with Gasteiger partial charge in [0.25, 0.3) is 0 Å². The number of hydrogen-bond donors (Lipinski definition) is 3. The van der Waals surface area contributed by atoms with Crippen LogP contribution in [0.25, 0.3) is 0 Å². The van der Waals surface area contributed by atoms with Crippen molar-refractivity contribution in [2.75, 3.05) is 13.1 Å². The number of aliphatic hydroxyl groups is 1. The maximum Gasteiger partial charge on any atom is 0.314 e. The first-order chi connectivity index (χ1) is 10.4. The van der Waals surface area contributed by atoms with Crippen LogP contribution in [-0.2, 0) is 5.41 Å². The van der Waals surface area contributed by atoms with E-state index in [1.165, 1.54) is 12.1 Å². The molecular formula is C16H20ClFN2O2. The van der Waals surface area contributed by atoms with Crippen LogP contribution >= 0.6 is 11.6 Å². The van der Waals surface area contributed by atoms with Crippen LogP contribution in [0.2, 0.25) is 5.02 Å². The van der Waals surface area contributed by atoms with Crippen molar-refractivity contribution in [3.8, 4) is 0 Å². The topological polar surface area (TPSA) is 61.4 Å². The molecule has 2 aliphatic carbocycles. The molecule has 1 aromatic carbocycles. The van der Waals surface area contributed by atoms with Crippen molar-refractivity contribution < 1.29 is 14.3 Å². The molecular weight excluding hydrogens is 307 g/mol. The summed E-state index contributed by atoms with van der Waals surface area (Å²) in [6.07, 6.45) is 4.32. The Morgan fingerprint density at radius 1 is 1.23 bits per heavy atom. The third-order valence-electron chi connectivity index (χ3n) is 4.81. The lowest BCUT2D eigenvalue weighted by atomic mass is 9.80. The maximum absolute atomic E-state index is 13.1. The van der Waals surface area contributed by atoms with Crippen molar-refractivity contribution in [3.63, 3.8) is 0 Å². The van der Waals surface area contributed by atoms with Gasteiger partial charge in [-0.15, -0.1) is 0 Å². The highest BCUT2D eigenvalue weighted by atomic mass is 35.5. The highest BCUT2D eigenvalue weighted by molar-refractivity contribution is 6.31. The lowest BCUT2D eigenvalue weighted by Gasteiger charge is -2.36. The average molecular weight is 327 g/mol. The number of carbonyl (C=O) groups excluding carboxylic acids is 1. The van der Waals surface area contributed by atoms with Crippen molar-refractivity contribution in [1.29, 1.82) is 0 Å². The lowest BCUT2D eigenvalue weighted by Crippen LogP contribution is -2.50. The van der Waals surface area contributed by atoms with Crippen LogP contribution in [0.15, 0.2) is 18.2 Å². The molecule has 1 aromatic rings. The molecule has 22 heavy (non-hydrogen) atoms. The predicted octanol–water partition coefficient (Wildman–Crippen LogP) is 2.72. The average Bonchev–Trinajstić information content (AvgIpc) is 3.22. The summed E-state index contributed by atoms with van der Waals surface area (Å²) in [4.78, 5) is 11.8. The first-order valence-electron chi connectivity index (χ1n) is 7.62. The summed E-state index contributed by atoms with van der Waals surface area (Å²) >= 11 is 6.12. The van der Waals surface area contributed by atoms with E-state index in [1.807, 2.05) is 0 Å². The Morgan fingerprint density at radius 2 is 1.91 bits per heavy atom. The van der Waals surface area contributed by atoms with Gasteiger partial charge >= 0.3 is 6.03 Å². The first-order valence-corrected chi connectivity index (χ1v) is 8.00. The summed E-state index contributed by atoms with van der Waals surface area (Å²) in [6, 6.07) is 4.11. The number of rotatable bonds is 5. The third kappa shape index (κ3) is 3.20. The minimum atomic E-state index is -0.727. The largest absolute Gasteiger partial charge is 0.388 e. The van der Waals surface area contributed by atoms with Crippen molar-refractivity contribution in [3.05, 3.63) is 34.6 Å². The lowest BCUT2D eigenvalue weighted by molar-refractivity contribution is -0.0290. The second-order valence-electron chi connectivity index (χ2n) is 6.52. The number of hydrogen-bond acceptors (Lipinski definition) is 2. The van der Waals surface area contributed by atoms with E-state index >= 15 is 0 Å². The molecule has 3 rings (SSSR count). The van der Waals surface area contributed by atoms with Crippen LogP contribution in [0.4, 0.5) is 9.18 Å². The van der Waals surface area contributed by atoms with E-state index in [0.717, 1.165) is 37.7 Å². The summed E-state index contributed by atoms with van der Waals surface area (Å²) in [5.74, 6) is -0.357. The van der Waals surface area contributed by atoms with E-state index in [-0.39, 0.29) is 23.8 Å². The molecule has 0 radical (unpaired) electrons.